The van der Waals surface area contributed by atoms with E-state index in [1.165, 1.54) is 26.4 Å². The average molecular weight is 428 g/mol. The summed E-state index contributed by atoms with van der Waals surface area (Å²) in [6, 6.07) is 8.46. The van der Waals surface area contributed by atoms with Crippen LogP contribution >= 0.6 is 11.6 Å². The SMILES string of the molecule is COc1ccc(OC)c(NC(=O)COC(=O)c2cc(S(C)(=O)=O)ccc2Cl)c1. The molecule has 0 aliphatic carbocycles. The molecule has 1 amide bonds. The lowest BCUT2D eigenvalue weighted by molar-refractivity contribution is -0.119. The van der Waals surface area contributed by atoms with E-state index in [0.29, 0.717) is 17.2 Å². The molecule has 10 heteroatoms. The summed E-state index contributed by atoms with van der Waals surface area (Å²) < 4.78 is 38.4. The predicted octanol–water partition coefficient (Wildman–Crippen LogP) is 2.56. The average Bonchev–Trinajstić information content (AvgIpc) is 2.65. The molecule has 1 N–H and O–H groups in total. The Kier molecular flexibility index (Phi) is 6.87. The number of sulfone groups is 1. The predicted molar refractivity (Wildman–Crippen MR) is 103 cm³/mol. The second kappa shape index (κ2) is 8.94. The lowest BCUT2D eigenvalue weighted by atomic mass is 10.2. The Morgan fingerprint density at radius 3 is 2.39 bits per heavy atom. The van der Waals surface area contributed by atoms with Crippen LogP contribution in [0.25, 0.3) is 0 Å². The first-order valence-corrected chi connectivity index (χ1v) is 10.1. The van der Waals surface area contributed by atoms with Gasteiger partial charge in [-0.25, -0.2) is 13.2 Å². The molecule has 0 heterocycles. The first-order chi connectivity index (χ1) is 13.2. The van der Waals surface area contributed by atoms with Crippen LogP contribution in [-0.4, -0.2) is 47.4 Å². The summed E-state index contributed by atoms with van der Waals surface area (Å²) >= 11 is 5.93. The fourth-order valence-electron chi connectivity index (χ4n) is 2.20. The molecule has 0 atom stereocenters. The number of carbonyl (C=O) groups excluding carboxylic acids is 2. The Morgan fingerprint density at radius 1 is 1.07 bits per heavy atom. The maximum atomic E-state index is 12.2. The van der Waals surface area contributed by atoms with Gasteiger partial charge in [-0.1, -0.05) is 11.6 Å². The fraction of sp³-hybridized carbons (Fsp3) is 0.222. The van der Waals surface area contributed by atoms with E-state index < -0.39 is 28.3 Å². The highest BCUT2D eigenvalue weighted by molar-refractivity contribution is 7.90. The van der Waals surface area contributed by atoms with Gasteiger partial charge in [-0.3, -0.25) is 4.79 Å². The lowest BCUT2D eigenvalue weighted by Crippen LogP contribution is -2.21. The van der Waals surface area contributed by atoms with Crippen molar-refractivity contribution in [1.29, 1.82) is 0 Å². The molecule has 0 bridgehead atoms. The van der Waals surface area contributed by atoms with Crippen LogP contribution in [0.2, 0.25) is 5.02 Å². The number of methoxy groups -OCH3 is 2. The highest BCUT2D eigenvalue weighted by atomic mass is 35.5. The standard InChI is InChI=1S/C18H18ClNO7S/c1-25-11-4-7-16(26-2)15(8-11)20-17(21)10-27-18(22)13-9-12(28(3,23)24)5-6-14(13)19/h4-9H,10H2,1-3H3,(H,20,21). The number of halogens is 1. The zero-order valence-electron chi connectivity index (χ0n) is 15.3. The molecule has 0 saturated heterocycles. The summed E-state index contributed by atoms with van der Waals surface area (Å²) in [6.07, 6.45) is 1.00. The third-order valence-electron chi connectivity index (χ3n) is 3.60. The van der Waals surface area contributed by atoms with Gasteiger partial charge in [0.1, 0.15) is 11.5 Å². The molecule has 0 unspecified atom stereocenters. The Morgan fingerprint density at radius 2 is 1.79 bits per heavy atom. The number of anilines is 1. The Balaban J connectivity index is 2.08. The van der Waals surface area contributed by atoms with Crippen molar-refractivity contribution < 1.29 is 32.2 Å². The van der Waals surface area contributed by atoms with Crippen molar-refractivity contribution >= 4 is 39.0 Å². The molecule has 0 aromatic heterocycles. The fourth-order valence-corrected chi connectivity index (χ4v) is 3.04. The second-order valence-electron chi connectivity index (χ2n) is 5.60. The van der Waals surface area contributed by atoms with Gasteiger partial charge in [0, 0.05) is 12.3 Å². The van der Waals surface area contributed by atoms with E-state index in [-0.39, 0.29) is 15.5 Å². The van der Waals surface area contributed by atoms with Crippen LogP contribution in [0, 0.1) is 0 Å². The van der Waals surface area contributed by atoms with Crippen LogP contribution in [0.5, 0.6) is 11.5 Å². The highest BCUT2D eigenvalue weighted by Crippen LogP contribution is 2.29. The van der Waals surface area contributed by atoms with Crippen LogP contribution in [0.15, 0.2) is 41.3 Å². The molecular formula is C18H18ClNO7S. The molecule has 0 aliphatic heterocycles. The molecule has 0 spiro atoms. The van der Waals surface area contributed by atoms with Gasteiger partial charge in [0.05, 0.1) is 35.4 Å². The van der Waals surface area contributed by atoms with E-state index in [4.69, 9.17) is 25.8 Å². The van der Waals surface area contributed by atoms with E-state index in [1.54, 1.807) is 18.2 Å². The van der Waals surface area contributed by atoms with Crippen LogP contribution in [0.1, 0.15) is 10.4 Å². The molecule has 0 radical (unpaired) electrons. The van der Waals surface area contributed by atoms with Crippen molar-refractivity contribution in [3.05, 3.63) is 47.0 Å². The number of hydrogen-bond acceptors (Lipinski definition) is 7. The van der Waals surface area contributed by atoms with Gasteiger partial charge in [0.2, 0.25) is 0 Å². The van der Waals surface area contributed by atoms with Gasteiger partial charge in [0.15, 0.2) is 16.4 Å². The minimum absolute atomic E-state index is 0.00673. The summed E-state index contributed by atoms with van der Waals surface area (Å²) in [5.41, 5.74) is 0.177. The van der Waals surface area contributed by atoms with Crippen LogP contribution < -0.4 is 14.8 Å². The van der Waals surface area contributed by atoms with E-state index >= 15 is 0 Å². The number of amides is 1. The zero-order chi connectivity index (χ0) is 20.9. The quantitative estimate of drug-likeness (QED) is 0.676. The molecule has 8 nitrogen and oxygen atoms in total. The van der Waals surface area contributed by atoms with Crippen molar-refractivity contribution in [2.24, 2.45) is 0 Å². The van der Waals surface area contributed by atoms with Crippen molar-refractivity contribution in [2.45, 2.75) is 4.90 Å². The van der Waals surface area contributed by atoms with Gasteiger partial charge in [-0.05, 0) is 30.3 Å². The third kappa shape index (κ3) is 5.37. The van der Waals surface area contributed by atoms with Crippen LogP contribution in [0.4, 0.5) is 5.69 Å². The number of hydrogen-bond donors (Lipinski definition) is 1. The minimum atomic E-state index is -3.53. The van der Waals surface area contributed by atoms with Gasteiger partial charge in [-0.15, -0.1) is 0 Å². The first-order valence-electron chi connectivity index (χ1n) is 7.84. The Bertz CT molecular complexity index is 1000. The number of ether oxygens (including phenoxy) is 3. The highest BCUT2D eigenvalue weighted by Gasteiger charge is 2.18. The molecule has 150 valence electrons. The largest absolute Gasteiger partial charge is 0.497 e. The van der Waals surface area contributed by atoms with Crippen molar-refractivity contribution in [3.63, 3.8) is 0 Å². The molecule has 0 fully saturated rings. The topological polar surface area (TPSA) is 108 Å². The van der Waals surface area contributed by atoms with Crippen LogP contribution in [0.3, 0.4) is 0 Å². The number of benzene rings is 2. The molecule has 0 saturated carbocycles. The lowest BCUT2D eigenvalue weighted by Gasteiger charge is -2.12. The molecule has 0 aliphatic rings. The van der Waals surface area contributed by atoms with Gasteiger partial charge < -0.3 is 19.5 Å². The normalized spacial score (nSPS) is 10.9. The monoisotopic (exact) mass is 427 g/mol. The Labute approximate surface area is 167 Å². The Hall–Kier alpha value is -2.78. The molecule has 28 heavy (non-hydrogen) atoms. The molecule has 2 rings (SSSR count). The summed E-state index contributed by atoms with van der Waals surface area (Å²) in [4.78, 5) is 24.2. The molecular weight excluding hydrogens is 410 g/mol. The zero-order valence-corrected chi connectivity index (χ0v) is 16.9. The smallest absolute Gasteiger partial charge is 0.340 e. The summed E-state index contributed by atoms with van der Waals surface area (Å²) in [5.74, 6) is -0.666. The van der Waals surface area contributed by atoms with Gasteiger partial charge in [0.25, 0.3) is 5.91 Å². The summed E-state index contributed by atoms with van der Waals surface area (Å²) in [6.45, 7) is -0.612. The van der Waals surface area contributed by atoms with Gasteiger partial charge >= 0.3 is 5.97 Å². The van der Waals surface area contributed by atoms with Gasteiger partial charge in [-0.2, -0.15) is 0 Å². The van der Waals surface area contributed by atoms with E-state index in [9.17, 15) is 18.0 Å². The van der Waals surface area contributed by atoms with Crippen LogP contribution in [-0.2, 0) is 19.4 Å². The van der Waals surface area contributed by atoms with Crippen molar-refractivity contribution in [1.82, 2.24) is 0 Å². The second-order valence-corrected chi connectivity index (χ2v) is 8.03. The first kappa shape index (κ1) is 21.5. The van der Waals surface area contributed by atoms with E-state index in [0.717, 1.165) is 12.3 Å². The summed E-state index contributed by atoms with van der Waals surface area (Å²) in [5, 5.41) is 2.55. The molecule has 2 aromatic rings. The van der Waals surface area contributed by atoms with Crippen molar-refractivity contribution in [2.75, 3.05) is 32.4 Å². The number of esters is 1. The van der Waals surface area contributed by atoms with E-state index in [1.807, 2.05) is 0 Å². The van der Waals surface area contributed by atoms with Crippen molar-refractivity contribution in [3.8, 4) is 11.5 Å². The maximum absolute atomic E-state index is 12.2. The number of rotatable bonds is 7. The minimum Gasteiger partial charge on any atom is -0.497 e. The van der Waals surface area contributed by atoms with E-state index in [2.05, 4.69) is 5.32 Å². The maximum Gasteiger partial charge on any atom is 0.340 e. The third-order valence-corrected chi connectivity index (χ3v) is 5.04. The number of nitrogens with one attached hydrogen (secondary N) is 1. The number of carbonyl (C=O) groups is 2. The summed E-state index contributed by atoms with van der Waals surface area (Å²) in [7, 11) is -0.619. The molecule has 2 aromatic carbocycles.